The van der Waals surface area contributed by atoms with Crippen molar-refractivity contribution in [1.29, 1.82) is 0 Å². The Morgan fingerprint density at radius 1 is 1.02 bits per heavy atom. The molecule has 2 unspecified atom stereocenters. The summed E-state index contributed by atoms with van der Waals surface area (Å²) >= 11 is 0. The number of carbonyl (C=O) groups excluding carboxylic acids is 2. The number of hydrogen-bond donors (Lipinski definition) is 2. The van der Waals surface area contributed by atoms with Gasteiger partial charge in [0.25, 0.3) is 5.91 Å². The molecule has 41 heavy (non-hydrogen) atoms. The summed E-state index contributed by atoms with van der Waals surface area (Å²) < 4.78 is 82.5. The van der Waals surface area contributed by atoms with Gasteiger partial charge < -0.3 is 11.1 Å². The number of nitrogens with zero attached hydrogens (tertiary/aromatic N) is 3. The van der Waals surface area contributed by atoms with Crippen molar-refractivity contribution < 1.29 is 35.9 Å². The average Bonchev–Trinajstić information content (AvgIpc) is 3.39. The minimum absolute atomic E-state index is 0.0567. The summed E-state index contributed by atoms with van der Waals surface area (Å²) in [6, 6.07) is 8.02. The van der Waals surface area contributed by atoms with Crippen LogP contribution < -0.4 is 11.1 Å². The van der Waals surface area contributed by atoms with Crippen LogP contribution in [-0.2, 0) is 17.4 Å². The SMILES string of the molecule is CCC(C(=O)NC(Cc1cc(F)cc(F)c1)c1ncccc1-c1ccc(F)c(C(N)=O)c1)n1ccc(C(F)(F)F)n1. The van der Waals surface area contributed by atoms with Gasteiger partial charge in [-0.15, -0.1) is 0 Å². The highest BCUT2D eigenvalue weighted by Gasteiger charge is 2.35. The first-order chi connectivity index (χ1) is 19.4. The molecule has 3 N–H and O–H groups in total. The predicted molar refractivity (Wildman–Crippen MR) is 136 cm³/mol. The van der Waals surface area contributed by atoms with Crippen LogP contribution in [0.4, 0.5) is 26.3 Å². The maximum atomic E-state index is 14.2. The van der Waals surface area contributed by atoms with Gasteiger partial charge in [-0.25, -0.2) is 13.2 Å². The molecule has 0 radical (unpaired) electrons. The molecule has 0 spiro atoms. The third kappa shape index (κ3) is 6.73. The second-order valence-electron chi connectivity index (χ2n) is 9.14. The molecule has 2 aromatic carbocycles. The molecule has 0 saturated heterocycles. The Bertz CT molecular complexity index is 1570. The van der Waals surface area contributed by atoms with Crippen LogP contribution in [0.25, 0.3) is 11.1 Å². The Morgan fingerprint density at radius 3 is 2.34 bits per heavy atom. The van der Waals surface area contributed by atoms with E-state index in [1.807, 2.05) is 0 Å². The molecular weight excluding hydrogens is 552 g/mol. The van der Waals surface area contributed by atoms with Crippen molar-refractivity contribution in [3.8, 4) is 11.1 Å². The number of rotatable bonds is 9. The summed E-state index contributed by atoms with van der Waals surface area (Å²) in [6.45, 7) is 1.58. The number of nitrogens with one attached hydrogen (secondary N) is 1. The summed E-state index contributed by atoms with van der Waals surface area (Å²) in [5.74, 6) is -4.33. The van der Waals surface area contributed by atoms with Crippen molar-refractivity contribution in [2.45, 2.75) is 38.0 Å². The lowest BCUT2D eigenvalue weighted by Gasteiger charge is -2.24. The summed E-state index contributed by atoms with van der Waals surface area (Å²) in [4.78, 5) is 29.5. The first kappa shape index (κ1) is 29.3. The van der Waals surface area contributed by atoms with Crippen molar-refractivity contribution in [3.05, 3.63) is 107 Å². The minimum atomic E-state index is -4.72. The number of carbonyl (C=O) groups is 2. The smallest absolute Gasteiger partial charge is 0.366 e. The first-order valence-corrected chi connectivity index (χ1v) is 12.3. The number of aromatic nitrogens is 3. The zero-order chi connectivity index (χ0) is 29.9. The summed E-state index contributed by atoms with van der Waals surface area (Å²) in [7, 11) is 0. The molecule has 2 atom stereocenters. The van der Waals surface area contributed by atoms with E-state index < -0.39 is 58.8 Å². The molecular formula is C28H23F6N5O2. The highest BCUT2D eigenvalue weighted by atomic mass is 19.4. The number of halogens is 6. The number of amides is 2. The van der Waals surface area contributed by atoms with Crippen LogP contribution >= 0.6 is 0 Å². The Labute approximate surface area is 230 Å². The van der Waals surface area contributed by atoms with Gasteiger partial charge in [-0.1, -0.05) is 19.1 Å². The quantitative estimate of drug-likeness (QED) is 0.256. The number of pyridine rings is 1. The second-order valence-corrected chi connectivity index (χ2v) is 9.14. The Hall–Kier alpha value is -4.68. The number of primary amides is 1. The van der Waals surface area contributed by atoms with E-state index in [0.717, 1.165) is 35.1 Å². The number of hydrogen-bond acceptors (Lipinski definition) is 4. The summed E-state index contributed by atoms with van der Waals surface area (Å²) in [5.41, 5.74) is 4.69. The zero-order valence-electron chi connectivity index (χ0n) is 21.4. The van der Waals surface area contributed by atoms with Gasteiger partial charge in [0.15, 0.2) is 5.69 Å². The van der Waals surface area contributed by atoms with E-state index in [1.54, 1.807) is 19.1 Å². The molecule has 0 aliphatic heterocycles. The van der Waals surface area contributed by atoms with Gasteiger partial charge in [0, 0.05) is 24.0 Å². The van der Waals surface area contributed by atoms with Gasteiger partial charge in [-0.3, -0.25) is 19.3 Å². The molecule has 0 fully saturated rings. The van der Waals surface area contributed by atoms with Crippen LogP contribution in [0, 0.1) is 17.5 Å². The monoisotopic (exact) mass is 575 g/mol. The van der Waals surface area contributed by atoms with Gasteiger partial charge in [-0.2, -0.15) is 18.3 Å². The molecule has 4 aromatic rings. The molecule has 13 heteroatoms. The topological polar surface area (TPSA) is 103 Å². The standard InChI is InChI=1S/C28H23F6N5O2/c1-2-23(39-9-7-24(38-39)28(32,33)34)27(41)37-22(12-15-10-17(29)14-18(30)11-15)25-19(4-3-8-36-25)16-5-6-21(31)20(13-16)26(35)40/h3-11,13-14,22-23H,2,12H2,1H3,(H2,35,40)(H,37,41). The largest absolute Gasteiger partial charge is 0.435 e. The lowest BCUT2D eigenvalue weighted by molar-refractivity contribution is -0.142. The Kier molecular flexibility index (Phi) is 8.45. The van der Waals surface area contributed by atoms with E-state index in [4.69, 9.17) is 5.73 Å². The van der Waals surface area contributed by atoms with Gasteiger partial charge in [0.2, 0.25) is 5.91 Å². The average molecular weight is 576 g/mol. The van der Waals surface area contributed by atoms with Crippen molar-refractivity contribution >= 4 is 11.8 Å². The van der Waals surface area contributed by atoms with E-state index in [1.165, 1.54) is 18.3 Å². The maximum Gasteiger partial charge on any atom is 0.435 e. The van der Waals surface area contributed by atoms with Crippen LogP contribution in [0.1, 0.15) is 52.7 Å². The Balaban J connectivity index is 1.77. The first-order valence-electron chi connectivity index (χ1n) is 12.3. The lowest BCUT2D eigenvalue weighted by atomic mass is 9.94. The van der Waals surface area contributed by atoms with Gasteiger partial charge in [0.05, 0.1) is 17.3 Å². The number of benzene rings is 2. The van der Waals surface area contributed by atoms with E-state index in [2.05, 4.69) is 15.4 Å². The van der Waals surface area contributed by atoms with Crippen molar-refractivity contribution in [2.24, 2.45) is 5.73 Å². The molecule has 0 bridgehead atoms. The fourth-order valence-corrected chi connectivity index (χ4v) is 4.42. The fourth-order valence-electron chi connectivity index (χ4n) is 4.42. The summed E-state index contributed by atoms with van der Waals surface area (Å²) in [5, 5.41) is 6.22. The van der Waals surface area contributed by atoms with Gasteiger partial charge >= 0.3 is 6.18 Å². The van der Waals surface area contributed by atoms with Crippen LogP contribution in [-0.4, -0.2) is 26.6 Å². The molecule has 4 rings (SSSR count). The molecule has 2 heterocycles. The van der Waals surface area contributed by atoms with Gasteiger partial charge in [-0.05, 0) is 60.4 Å². The molecule has 0 saturated carbocycles. The maximum absolute atomic E-state index is 14.2. The minimum Gasteiger partial charge on any atom is -0.366 e. The number of nitrogens with two attached hydrogens (primary N) is 1. The lowest BCUT2D eigenvalue weighted by Crippen LogP contribution is -2.37. The van der Waals surface area contributed by atoms with Crippen LogP contribution in [0.2, 0.25) is 0 Å². The normalized spacial score (nSPS) is 13.0. The highest BCUT2D eigenvalue weighted by molar-refractivity contribution is 5.94. The van der Waals surface area contributed by atoms with Crippen molar-refractivity contribution in [3.63, 3.8) is 0 Å². The predicted octanol–water partition coefficient (Wildman–Crippen LogP) is 5.53. The van der Waals surface area contributed by atoms with Gasteiger partial charge in [0.1, 0.15) is 23.5 Å². The third-order valence-corrected chi connectivity index (χ3v) is 6.30. The molecule has 7 nitrogen and oxygen atoms in total. The molecule has 0 aliphatic carbocycles. The van der Waals surface area contributed by atoms with Crippen LogP contribution in [0.5, 0.6) is 0 Å². The van der Waals surface area contributed by atoms with E-state index in [0.29, 0.717) is 17.2 Å². The second kappa shape index (κ2) is 11.8. The third-order valence-electron chi connectivity index (χ3n) is 6.30. The molecule has 2 aromatic heterocycles. The van der Waals surface area contributed by atoms with Crippen LogP contribution in [0.3, 0.4) is 0 Å². The Morgan fingerprint density at radius 2 is 1.73 bits per heavy atom. The van der Waals surface area contributed by atoms with E-state index >= 15 is 0 Å². The molecule has 0 aliphatic rings. The van der Waals surface area contributed by atoms with Crippen molar-refractivity contribution in [2.75, 3.05) is 0 Å². The van der Waals surface area contributed by atoms with E-state index in [9.17, 15) is 35.9 Å². The summed E-state index contributed by atoms with van der Waals surface area (Å²) in [6.07, 6.45) is -2.42. The fraction of sp³-hybridized carbons (Fsp3) is 0.214. The molecule has 214 valence electrons. The zero-order valence-corrected chi connectivity index (χ0v) is 21.4. The highest BCUT2D eigenvalue weighted by Crippen LogP contribution is 2.32. The number of alkyl halides is 3. The van der Waals surface area contributed by atoms with E-state index in [-0.39, 0.29) is 24.1 Å². The van der Waals surface area contributed by atoms with Crippen LogP contribution in [0.15, 0.2) is 67.0 Å². The van der Waals surface area contributed by atoms with Crippen molar-refractivity contribution in [1.82, 2.24) is 20.1 Å². The molecule has 2 amide bonds.